The monoisotopic (exact) mass is 307 g/mol. The standard InChI is InChI=1S/C17H10FN3O2/c18-11-5-6-15-12(7-11)16(22)13(9-20-15)17(23)21-14-4-2-1-3-10(14)8-19/h1-7,9H,(H,20,22)(H,21,23). The normalized spacial score (nSPS) is 10.3. The third kappa shape index (κ3) is 2.68. The maximum atomic E-state index is 13.3. The maximum Gasteiger partial charge on any atom is 0.261 e. The number of pyridine rings is 1. The molecule has 0 aliphatic carbocycles. The van der Waals surface area contributed by atoms with E-state index in [0.717, 1.165) is 6.07 Å². The van der Waals surface area contributed by atoms with Crippen LogP contribution in [0.25, 0.3) is 10.9 Å². The number of nitrogens with one attached hydrogen (secondary N) is 2. The molecule has 112 valence electrons. The van der Waals surface area contributed by atoms with Crippen LogP contribution in [-0.4, -0.2) is 10.9 Å². The second kappa shape index (κ2) is 5.73. The van der Waals surface area contributed by atoms with Gasteiger partial charge in [0, 0.05) is 17.1 Å². The lowest BCUT2D eigenvalue weighted by molar-refractivity contribution is 0.102. The number of anilines is 1. The molecule has 0 spiro atoms. The van der Waals surface area contributed by atoms with Crippen LogP contribution in [0.1, 0.15) is 15.9 Å². The van der Waals surface area contributed by atoms with Crippen LogP contribution in [0.2, 0.25) is 0 Å². The number of hydrogen-bond donors (Lipinski definition) is 2. The molecule has 3 rings (SSSR count). The van der Waals surface area contributed by atoms with Gasteiger partial charge in [-0.15, -0.1) is 0 Å². The number of H-pyrrole nitrogens is 1. The highest BCUT2D eigenvalue weighted by Crippen LogP contribution is 2.15. The molecular weight excluding hydrogens is 297 g/mol. The zero-order chi connectivity index (χ0) is 16.4. The number of aromatic nitrogens is 1. The fourth-order valence-electron chi connectivity index (χ4n) is 2.24. The molecule has 1 amide bonds. The minimum absolute atomic E-state index is 0.0891. The van der Waals surface area contributed by atoms with Crippen LogP contribution in [0.5, 0.6) is 0 Å². The third-order valence-electron chi connectivity index (χ3n) is 3.38. The Morgan fingerprint density at radius 1 is 1.22 bits per heavy atom. The van der Waals surface area contributed by atoms with Crippen molar-refractivity contribution in [1.82, 2.24) is 4.98 Å². The summed E-state index contributed by atoms with van der Waals surface area (Å²) < 4.78 is 13.3. The van der Waals surface area contributed by atoms with Crippen molar-refractivity contribution in [2.24, 2.45) is 0 Å². The van der Waals surface area contributed by atoms with Crippen LogP contribution < -0.4 is 10.7 Å². The van der Waals surface area contributed by atoms with Gasteiger partial charge in [0.2, 0.25) is 5.43 Å². The van der Waals surface area contributed by atoms with Crippen molar-refractivity contribution < 1.29 is 9.18 Å². The highest BCUT2D eigenvalue weighted by molar-refractivity contribution is 6.06. The first-order valence-electron chi connectivity index (χ1n) is 6.71. The number of rotatable bonds is 2. The molecule has 0 radical (unpaired) electrons. The quantitative estimate of drug-likeness (QED) is 0.763. The van der Waals surface area contributed by atoms with Gasteiger partial charge in [0.15, 0.2) is 0 Å². The highest BCUT2D eigenvalue weighted by atomic mass is 19.1. The molecule has 6 heteroatoms. The molecule has 0 saturated carbocycles. The smallest absolute Gasteiger partial charge is 0.261 e. The van der Waals surface area contributed by atoms with E-state index in [4.69, 9.17) is 5.26 Å². The number of aromatic amines is 1. The predicted molar refractivity (Wildman–Crippen MR) is 83.6 cm³/mol. The summed E-state index contributed by atoms with van der Waals surface area (Å²) in [5.41, 5.74) is 0.286. The number of para-hydroxylation sites is 1. The molecule has 2 N–H and O–H groups in total. The summed E-state index contributed by atoms with van der Waals surface area (Å²) in [6.07, 6.45) is 1.27. The van der Waals surface area contributed by atoms with E-state index < -0.39 is 17.2 Å². The molecule has 1 heterocycles. The maximum absolute atomic E-state index is 13.3. The molecule has 0 fully saturated rings. The first kappa shape index (κ1) is 14.5. The van der Waals surface area contributed by atoms with E-state index in [0.29, 0.717) is 11.2 Å². The Kier molecular flexibility index (Phi) is 3.61. The van der Waals surface area contributed by atoms with Crippen molar-refractivity contribution in [1.29, 1.82) is 5.26 Å². The van der Waals surface area contributed by atoms with E-state index in [-0.39, 0.29) is 16.5 Å². The summed E-state index contributed by atoms with van der Waals surface area (Å²) in [5, 5.41) is 11.6. The van der Waals surface area contributed by atoms with Gasteiger partial charge in [-0.1, -0.05) is 12.1 Å². The average molecular weight is 307 g/mol. The molecule has 0 unspecified atom stereocenters. The Morgan fingerprint density at radius 3 is 2.78 bits per heavy atom. The zero-order valence-electron chi connectivity index (χ0n) is 11.8. The summed E-state index contributed by atoms with van der Waals surface area (Å²) in [6, 6.07) is 12.1. The molecule has 0 atom stereocenters. The van der Waals surface area contributed by atoms with Gasteiger partial charge in [-0.3, -0.25) is 9.59 Å². The number of fused-ring (bicyclic) bond motifs is 1. The Morgan fingerprint density at radius 2 is 2.00 bits per heavy atom. The van der Waals surface area contributed by atoms with Gasteiger partial charge < -0.3 is 10.3 Å². The molecule has 1 aromatic heterocycles. The predicted octanol–water partition coefficient (Wildman–Crippen LogP) is 2.79. The fraction of sp³-hybridized carbons (Fsp3) is 0. The van der Waals surface area contributed by atoms with Crippen molar-refractivity contribution >= 4 is 22.5 Å². The molecule has 0 bridgehead atoms. The van der Waals surface area contributed by atoms with Gasteiger partial charge in [0.05, 0.1) is 11.3 Å². The minimum atomic E-state index is -0.667. The Hall–Kier alpha value is -3.46. The van der Waals surface area contributed by atoms with E-state index in [1.807, 2.05) is 6.07 Å². The summed E-state index contributed by atoms with van der Waals surface area (Å²) >= 11 is 0. The topological polar surface area (TPSA) is 85.8 Å². The summed E-state index contributed by atoms with van der Waals surface area (Å²) in [7, 11) is 0. The Balaban J connectivity index is 2.03. The van der Waals surface area contributed by atoms with E-state index in [2.05, 4.69) is 10.3 Å². The average Bonchev–Trinajstić information content (AvgIpc) is 2.56. The van der Waals surface area contributed by atoms with E-state index >= 15 is 0 Å². The van der Waals surface area contributed by atoms with Crippen molar-refractivity contribution in [3.63, 3.8) is 0 Å². The largest absolute Gasteiger partial charge is 0.360 e. The lowest BCUT2D eigenvalue weighted by Crippen LogP contribution is -2.22. The molecule has 0 aliphatic rings. The van der Waals surface area contributed by atoms with Crippen LogP contribution in [0.15, 0.2) is 53.5 Å². The minimum Gasteiger partial charge on any atom is -0.360 e. The third-order valence-corrected chi connectivity index (χ3v) is 3.38. The van der Waals surface area contributed by atoms with Gasteiger partial charge in [-0.25, -0.2) is 4.39 Å². The van der Waals surface area contributed by atoms with Crippen LogP contribution in [0.4, 0.5) is 10.1 Å². The van der Waals surface area contributed by atoms with Crippen molar-refractivity contribution in [2.75, 3.05) is 5.32 Å². The number of nitrogens with zero attached hydrogens (tertiary/aromatic N) is 1. The number of carbonyl (C=O) groups excluding carboxylic acids is 1. The second-order valence-electron chi connectivity index (χ2n) is 4.83. The first-order valence-corrected chi connectivity index (χ1v) is 6.71. The van der Waals surface area contributed by atoms with Crippen LogP contribution in [-0.2, 0) is 0 Å². The molecule has 3 aromatic rings. The van der Waals surface area contributed by atoms with Gasteiger partial charge >= 0.3 is 0 Å². The van der Waals surface area contributed by atoms with Crippen molar-refractivity contribution in [3.05, 3.63) is 75.8 Å². The van der Waals surface area contributed by atoms with E-state index in [1.54, 1.807) is 24.3 Å². The van der Waals surface area contributed by atoms with Gasteiger partial charge in [0.25, 0.3) is 5.91 Å². The lowest BCUT2D eigenvalue weighted by atomic mass is 10.1. The Labute approximate surface area is 130 Å². The zero-order valence-corrected chi connectivity index (χ0v) is 11.8. The van der Waals surface area contributed by atoms with Crippen LogP contribution >= 0.6 is 0 Å². The summed E-state index contributed by atoms with van der Waals surface area (Å²) in [5.74, 6) is -1.23. The molecular formula is C17H10FN3O2. The number of nitriles is 1. The lowest BCUT2D eigenvalue weighted by Gasteiger charge is -2.07. The fourth-order valence-corrected chi connectivity index (χ4v) is 2.24. The van der Waals surface area contributed by atoms with Gasteiger partial charge in [-0.2, -0.15) is 5.26 Å². The molecule has 23 heavy (non-hydrogen) atoms. The number of amides is 1. The first-order chi connectivity index (χ1) is 11.1. The molecule has 2 aromatic carbocycles. The number of benzene rings is 2. The molecule has 0 saturated heterocycles. The molecule has 0 aliphatic heterocycles. The van der Waals surface area contributed by atoms with Crippen LogP contribution in [0, 0.1) is 17.1 Å². The highest BCUT2D eigenvalue weighted by Gasteiger charge is 2.15. The SMILES string of the molecule is N#Cc1ccccc1NC(=O)c1c[nH]c2ccc(F)cc2c1=O. The van der Waals surface area contributed by atoms with Crippen molar-refractivity contribution in [2.45, 2.75) is 0 Å². The number of hydrogen-bond acceptors (Lipinski definition) is 3. The number of carbonyl (C=O) groups is 1. The van der Waals surface area contributed by atoms with Gasteiger partial charge in [0.1, 0.15) is 17.4 Å². The van der Waals surface area contributed by atoms with Crippen molar-refractivity contribution in [3.8, 4) is 6.07 Å². The number of halogens is 1. The second-order valence-corrected chi connectivity index (χ2v) is 4.83. The van der Waals surface area contributed by atoms with E-state index in [1.165, 1.54) is 18.3 Å². The Bertz CT molecular complexity index is 1020. The van der Waals surface area contributed by atoms with E-state index in [9.17, 15) is 14.0 Å². The van der Waals surface area contributed by atoms with Crippen LogP contribution in [0.3, 0.4) is 0 Å². The summed E-state index contributed by atoms with van der Waals surface area (Å²) in [6.45, 7) is 0. The van der Waals surface area contributed by atoms with Gasteiger partial charge in [-0.05, 0) is 30.3 Å². The molecule has 5 nitrogen and oxygen atoms in total. The summed E-state index contributed by atoms with van der Waals surface area (Å²) in [4.78, 5) is 27.4.